The second-order valence-corrected chi connectivity index (χ2v) is 9.00. The molecular formula is C23H27F2N5O. The molecule has 0 saturated carbocycles. The molecule has 164 valence electrons. The van der Waals surface area contributed by atoms with Gasteiger partial charge in [-0.25, -0.2) is 8.78 Å². The molecule has 2 fully saturated rings. The van der Waals surface area contributed by atoms with E-state index in [9.17, 15) is 18.8 Å². The van der Waals surface area contributed by atoms with Gasteiger partial charge in [-0.15, -0.1) is 0 Å². The first-order chi connectivity index (χ1) is 14.8. The maximum atomic E-state index is 14.6. The van der Waals surface area contributed by atoms with Gasteiger partial charge in [0.05, 0.1) is 17.8 Å². The average molecular weight is 427 g/mol. The van der Waals surface area contributed by atoms with Gasteiger partial charge in [-0.3, -0.25) is 14.8 Å². The van der Waals surface area contributed by atoms with Crippen LogP contribution < -0.4 is 4.90 Å². The number of halogens is 2. The van der Waals surface area contributed by atoms with E-state index in [0.29, 0.717) is 41.2 Å². The number of likely N-dealkylation sites (tertiary alicyclic amines) is 1. The Morgan fingerprint density at radius 1 is 1.16 bits per heavy atom. The van der Waals surface area contributed by atoms with Crippen molar-refractivity contribution in [3.63, 3.8) is 0 Å². The number of ketones is 1. The van der Waals surface area contributed by atoms with Crippen LogP contribution in [-0.2, 0) is 4.79 Å². The molecule has 0 N–H and O–H groups in total. The lowest BCUT2D eigenvalue weighted by Crippen LogP contribution is -2.47. The van der Waals surface area contributed by atoms with Gasteiger partial charge in [0.25, 0.3) is 5.92 Å². The number of benzene rings is 1. The highest BCUT2D eigenvalue weighted by Gasteiger charge is 2.41. The molecule has 0 bridgehead atoms. The number of aromatic nitrogens is 2. The minimum absolute atomic E-state index is 0.0849. The van der Waals surface area contributed by atoms with Crippen molar-refractivity contribution in [3.05, 3.63) is 30.1 Å². The van der Waals surface area contributed by atoms with Crippen LogP contribution in [0.3, 0.4) is 0 Å². The van der Waals surface area contributed by atoms with Crippen molar-refractivity contribution in [2.45, 2.75) is 38.0 Å². The molecule has 1 atom stereocenters. The molecule has 4 rings (SSSR count). The van der Waals surface area contributed by atoms with Crippen LogP contribution in [0.25, 0.3) is 11.0 Å². The van der Waals surface area contributed by atoms with Gasteiger partial charge in [-0.1, -0.05) is 0 Å². The zero-order valence-electron chi connectivity index (χ0n) is 17.7. The second kappa shape index (κ2) is 8.83. The molecule has 2 aliphatic rings. The van der Waals surface area contributed by atoms with E-state index in [1.165, 1.54) is 12.4 Å². The minimum Gasteiger partial charge on any atom is -0.363 e. The van der Waals surface area contributed by atoms with Gasteiger partial charge in [0, 0.05) is 38.2 Å². The maximum Gasteiger partial charge on any atom is 0.265 e. The van der Waals surface area contributed by atoms with E-state index in [4.69, 9.17) is 0 Å². The summed E-state index contributed by atoms with van der Waals surface area (Å²) in [6.45, 7) is 1.91. The molecule has 2 aliphatic heterocycles. The number of hydrogen-bond acceptors (Lipinski definition) is 6. The third-order valence-electron chi connectivity index (χ3n) is 6.42. The van der Waals surface area contributed by atoms with Crippen LogP contribution in [0.4, 0.5) is 14.5 Å². The van der Waals surface area contributed by atoms with Crippen LogP contribution in [0.2, 0.25) is 0 Å². The summed E-state index contributed by atoms with van der Waals surface area (Å²) in [5.41, 5.74) is 1.75. The first-order valence-corrected chi connectivity index (χ1v) is 10.8. The van der Waals surface area contributed by atoms with E-state index >= 15 is 0 Å². The zero-order valence-corrected chi connectivity index (χ0v) is 17.7. The average Bonchev–Trinajstić information content (AvgIpc) is 2.73. The Hall–Kier alpha value is -2.66. The van der Waals surface area contributed by atoms with Gasteiger partial charge in [-0.2, -0.15) is 5.26 Å². The number of hydrogen-bond donors (Lipinski definition) is 0. The molecule has 0 spiro atoms. The van der Waals surface area contributed by atoms with Crippen molar-refractivity contribution in [2.24, 2.45) is 11.8 Å². The topological polar surface area (TPSA) is 73.1 Å². The molecule has 1 unspecified atom stereocenters. The number of piperidine rings is 2. The Morgan fingerprint density at radius 2 is 1.84 bits per heavy atom. The number of carbonyl (C=O) groups is 1. The van der Waals surface area contributed by atoms with Crippen LogP contribution in [0.5, 0.6) is 0 Å². The van der Waals surface area contributed by atoms with E-state index in [-0.39, 0.29) is 18.6 Å². The highest BCUT2D eigenvalue weighted by molar-refractivity contribution is 5.92. The number of carbonyl (C=O) groups excluding carboxylic acids is 1. The Balaban J connectivity index is 1.50. The van der Waals surface area contributed by atoms with Crippen LogP contribution in [-0.4, -0.2) is 59.8 Å². The van der Waals surface area contributed by atoms with Crippen molar-refractivity contribution in [3.8, 4) is 6.07 Å². The van der Waals surface area contributed by atoms with Crippen molar-refractivity contribution < 1.29 is 13.6 Å². The monoisotopic (exact) mass is 427 g/mol. The summed E-state index contributed by atoms with van der Waals surface area (Å²) in [5, 5.41) is 9.32. The summed E-state index contributed by atoms with van der Waals surface area (Å²) in [5.74, 6) is -2.85. The predicted molar refractivity (Wildman–Crippen MR) is 114 cm³/mol. The van der Waals surface area contributed by atoms with E-state index in [2.05, 4.69) is 28.0 Å². The summed E-state index contributed by atoms with van der Waals surface area (Å²) >= 11 is 0. The molecule has 31 heavy (non-hydrogen) atoms. The van der Waals surface area contributed by atoms with Crippen LogP contribution in [0.15, 0.2) is 24.5 Å². The third kappa shape index (κ3) is 4.99. The fraction of sp³-hybridized carbons (Fsp3) is 0.565. The largest absolute Gasteiger partial charge is 0.363 e. The SMILES string of the molecule is CN1CCC(CC(=O)CC2CN(c3ccc(C#N)c4nccnc34)CC(F)(F)C2)CC1. The smallest absolute Gasteiger partial charge is 0.265 e. The van der Waals surface area contributed by atoms with E-state index < -0.39 is 18.4 Å². The number of anilines is 1. The van der Waals surface area contributed by atoms with E-state index in [0.717, 1.165) is 25.9 Å². The molecule has 1 aromatic carbocycles. The number of nitriles is 1. The molecule has 0 aliphatic carbocycles. The first-order valence-electron chi connectivity index (χ1n) is 10.8. The van der Waals surface area contributed by atoms with Gasteiger partial charge in [0.15, 0.2) is 0 Å². The van der Waals surface area contributed by atoms with Crippen molar-refractivity contribution in [1.82, 2.24) is 14.9 Å². The number of nitrogens with zero attached hydrogens (tertiary/aromatic N) is 5. The Labute approximate surface area is 180 Å². The molecule has 0 radical (unpaired) electrons. The Kier molecular flexibility index (Phi) is 6.15. The summed E-state index contributed by atoms with van der Waals surface area (Å²) < 4.78 is 29.3. The maximum absolute atomic E-state index is 14.6. The molecule has 8 heteroatoms. The van der Waals surface area contributed by atoms with Gasteiger partial charge in [0.2, 0.25) is 0 Å². The van der Waals surface area contributed by atoms with Gasteiger partial charge in [-0.05, 0) is 56.9 Å². The molecule has 2 aromatic rings. The summed E-state index contributed by atoms with van der Waals surface area (Å²) in [6.07, 6.45) is 5.36. The normalized spacial score (nSPS) is 22.4. The summed E-state index contributed by atoms with van der Waals surface area (Å²) in [7, 11) is 2.08. The van der Waals surface area contributed by atoms with E-state index in [1.54, 1.807) is 17.0 Å². The van der Waals surface area contributed by atoms with Crippen LogP contribution in [0.1, 0.15) is 37.7 Å². The first kappa shape index (κ1) is 21.6. The third-order valence-corrected chi connectivity index (χ3v) is 6.42. The Morgan fingerprint density at radius 3 is 2.55 bits per heavy atom. The molecule has 6 nitrogen and oxygen atoms in total. The summed E-state index contributed by atoms with van der Waals surface area (Å²) in [6, 6.07) is 5.33. The molecule has 2 saturated heterocycles. The molecule has 0 amide bonds. The second-order valence-electron chi connectivity index (χ2n) is 9.00. The van der Waals surface area contributed by atoms with E-state index in [1.807, 2.05) is 0 Å². The number of alkyl halides is 2. The van der Waals surface area contributed by atoms with Gasteiger partial charge >= 0.3 is 0 Å². The minimum atomic E-state index is -2.89. The summed E-state index contributed by atoms with van der Waals surface area (Å²) in [4.78, 5) is 25.1. The lowest BCUT2D eigenvalue weighted by atomic mass is 9.85. The highest BCUT2D eigenvalue weighted by atomic mass is 19.3. The van der Waals surface area contributed by atoms with Gasteiger partial charge < -0.3 is 9.80 Å². The predicted octanol–water partition coefficient (Wildman–Crippen LogP) is 3.65. The standard InChI is InChI=1S/C23H27F2N5O/c1-29-8-4-16(5-9-29)10-19(31)11-17-12-23(24,25)15-30(14-17)20-3-2-18(13-26)21-22(20)28-7-6-27-21/h2-3,6-7,16-17H,4-5,8-12,14-15H2,1H3. The lowest BCUT2D eigenvalue weighted by molar-refractivity contribution is -0.122. The molecule has 1 aromatic heterocycles. The quantitative estimate of drug-likeness (QED) is 0.725. The van der Waals surface area contributed by atoms with Gasteiger partial charge in [0.1, 0.15) is 22.9 Å². The molecular weight excluding hydrogens is 400 g/mol. The number of fused-ring (bicyclic) bond motifs is 1. The fourth-order valence-electron chi connectivity index (χ4n) is 4.91. The zero-order chi connectivity index (χ0) is 22.0. The Bertz CT molecular complexity index is 997. The van der Waals surface area contributed by atoms with Crippen LogP contribution >= 0.6 is 0 Å². The number of Topliss-reactive ketones (excluding diaryl/α,β-unsaturated/α-hetero) is 1. The number of rotatable bonds is 5. The fourth-order valence-corrected chi connectivity index (χ4v) is 4.91. The van der Waals surface area contributed by atoms with Crippen molar-refractivity contribution in [1.29, 1.82) is 5.26 Å². The highest BCUT2D eigenvalue weighted by Crippen LogP contribution is 2.37. The van der Waals surface area contributed by atoms with Crippen molar-refractivity contribution >= 4 is 22.5 Å². The van der Waals surface area contributed by atoms with Crippen LogP contribution in [0, 0.1) is 23.2 Å². The van der Waals surface area contributed by atoms with Crippen molar-refractivity contribution in [2.75, 3.05) is 38.1 Å². The lowest BCUT2D eigenvalue weighted by Gasteiger charge is -2.39. The molecule has 3 heterocycles.